The molecule has 1 unspecified atom stereocenters. The molecule has 0 radical (unpaired) electrons. The van der Waals surface area contributed by atoms with Gasteiger partial charge in [-0.15, -0.1) is 0 Å². The Labute approximate surface area is 79.4 Å². The summed E-state index contributed by atoms with van der Waals surface area (Å²) >= 11 is 3.27. The molecule has 0 amide bonds. The zero-order valence-corrected chi connectivity index (χ0v) is 8.52. The molecular weight excluding hydrogens is 223 g/mol. The molecule has 3 heteroatoms. The highest BCUT2D eigenvalue weighted by Gasteiger charge is 2.09. The second kappa shape index (κ2) is 3.54. The molecule has 1 atom stereocenters. The number of benzene rings is 1. The predicted molar refractivity (Wildman–Crippen MR) is 49.5 cm³/mol. The Kier molecular flexibility index (Phi) is 2.85. The minimum Gasteiger partial charge on any atom is -0.389 e. The molecule has 1 aromatic carbocycles. The second-order valence-electron chi connectivity index (χ2n) is 2.80. The predicted octanol–water partition coefficient (Wildman–Crippen LogP) is 2.95. The first kappa shape index (κ1) is 9.68. The monoisotopic (exact) mass is 232 g/mol. The third kappa shape index (κ3) is 1.84. The fourth-order valence-corrected chi connectivity index (χ4v) is 1.34. The topological polar surface area (TPSA) is 20.2 Å². The van der Waals surface area contributed by atoms with Crippen molar-refractivity contribution >= 4 is 15.9 Å². The molecule has 1 aromatic rings. The first-order chi connectivity index (χ1) is 5.52. The SMILES string of the molecule is Cc1cc(F)c(C(C)O)cc1Br. The van der Waals surface area contributed by atoms with Crippen LogP contribution in [0.15, 0.2) is 16.6 Å². The van der Waals surface area contributed by atoms with E-state index in [1.165, 1.54) is 6.07 Å². The molecule has 0 spiro atoms. The van der Waals surface area contributed by atoms with Gasteiger partial charge in [-0.3, -0.25) is 0 Å². The van der Waals surface area contributed by atoms with Crippen LogP contribution in [-0.2, 0) is 0 Å². The maximum atomic E-state index is 13.1. The van der Waals surface area contributed by atoms with Crippen LogP contribution in [-0.4, -0.2) is 5.11 Å². The highest BCUT2D eigenvalue weighted by molar-refractivity contribution is 9.10. The summed E-state index contributed by atoms with van der Waals surface area (Å²) in [6.45, 7) is 3.35. The van der Waals surface area contributed by atoms with Crippen LogP contribution < -0.4 is 0 Å². The van der Waals surface area contributed by atoms with E-state index in [0.717, 1.165) is 10.0 Å². The maximum absolute atomic E-state index is 13.1. The van der Waals surface area contributed by atoms with Crippen molar-refractivity contribution in [1.82, 2.24) is 0 Å². The van der Waals surface area contributed by atoms with Gasteiger partial charge in [0.05, 0.1) is 6.10 Å². The Morgan fingerprint density at radius 1 is 1.50 bits per heavy atom. The lowest BCUT2D eigenvalue weighted by Gasteiger charge is -2.08. The molecule has 12 heavy (non-hydrogen) atoms. The van der Waals surface area contributed by atoms with Gasteiger partial charge in [-0.05, 0) is 31.5 Å². The van der Waals surface area contributed by atoms with Crippen LogP contribution in [0.2, 0.25) is 0 Å². The van der Waals surface area contributed by atoms with E-state index in [1.807, 2.05) is 0 Å². The quantitative estimate of drug-likeness (QED) is 0.790. The number of hydrogen-bond donors (Lipinski definition) is 1. The molecule has 0 aliphatic carbocycles. The zero-order chi connectivity index (χ0) is 9.30. The van der Waals surface area contributed by atoms with Crippen LogP contribution in [0.1, 0.15) is 24.2 Å². The molecule has 0 aromatic heterocycles. The van der Waals surface area contributed by atoms with Crippen molar-refractivity contribution in [3.05, 3.63) is 33.5 Å². The molecule has 1 nitrogen and oxygen atoms in total. The summed E-state index contributed by atoms with van der Waals surface area (Å²) < 4.78 is 13.9. The standard InChI is InChI=1S/C9H10BrFO/c1-5-3-9(11)7(6(2)12)4-8(5)10/h3-4,6,12H,1-2H3. The van der Waals surface area contributed by atoms with Crippen LogP contribution in [0.25, 0.3) is 0 Å². The molecule has 0 aliphatic rings. The Hall–Kier alpha value is -0.410. The number of aryl methyl sites for hydroxylation is 1. The normalized spacial score (nSPS) is 13.1. The summed E-state index contributed by atoms with van der Waals surface area (Å²) in [5.74, 6) is -0.356. The largest absolute Gasteiger partial charge is 0.389 e. The lowest BCUT2D eigenvalue weighted by Crippen LogP contribution is -1.96. The summed E-state index contributed by atoms with van der Waals surface area (Å²) in [6.07, 6.45) is -0.762. The summed E-state index contributed by atoms with van der Waals surface area (Å²) in [5, 5.41) is 9.16. The van der Waals surface area contributed by atoms with E-state index in [1.54, 1.807) is 19.9 Å². The lowest BCUT2D eigenvalue weighted by molar-refractivity contribution is 0.194. The van der Waals surface area contributed by atoms with Gasteiger partial charge in [-0.1, -0.05) is 15.9 Å². The van der Waals surface area contributed by atoms with Gasteiger partial charge in [0.25, 0.3) is 0 Å². The van der Waals surface area contributed by atoms with Crippen LogP contribution in [0, 0.1) is 12.7 Å². The van der Waals surface area contributed by atoms with Crippen molar-refractivity contribution in [2.24, 2.45) is 0 Å². The van der Waals surface area contributed by atoms with Crippen LogP contribution in [0.4, 0.5) is 4.39 Å². The van der Waals surface area contributed by atoms with Gasteiger partial charge in [-0.2, -0.15) is 0 Å². The van der Waals surface area contributed by atoms with Gasteiger partial charge in [0.2, 0.25) is 0 Å². The summed E-state index contributed by atoms with van der Waals surface area (Å²) in [5.41, 5.74) is 1.16. The average Bonchev–Trinajstić information content (AvgIpc) is 1.96. The van der Waals surface area contributed by atoms with E-state index in [0.29, 0.717) is 5.56 Å². The zero-order valence-electron chi connectivity index (χ0n) is 6.94. The van der Waals surface area contributed by atoms with Gasteiger partial charge >= 0.3 is 0 Å². The van der Waals surface area contributed by atoms with Crippen LogP contribution in [0.5, 0.6) is 0 Å². The number of halogens is 2. The Morgan fingerprint density at radius 2 is 2.08 bits per heavy atom. The minimum absolute atomic E-state index is 0.326. The first-order valence-corrected chi connectivity index (χ1v) is 4.45. The van der Waals surface area contributed by atoms with Crippen molar-refractivity contribution in [1.29, 1.82) is 0 Å². The average molecular weight is 233 g/mol. The van der Waals surface area contributed by atoms with Gasteiger partial charge in [0, 0.05) is 10.0 Å². The number of hydrogen-bond acceptors (Lipinski definition) is 1. The van der Waals surface area contributed by atoms with Gasteiger partial charge in [0.15, 0.2) is 0 Å². The fraction of sp³-hybridized carbons (Fsp3) is 0.333. The maximum Gasteiger partial charge on any atom is 0.129 e. The minimum atomic E-state index is -0.762. The van der Waals surface area contributed by atoms with Crippen molar-refractivity contribution in [2.75, 3.05) is 0 Å². The molecular formula is C9H10BrFO. The third-order valence-electron chi connectivity index (χ3n) is 1.73. The van der Waals surface area contributed by atoms with E-state index in [9.17, 15) is 4.39 Å². The van der Waals surface area contributed by atoms with Crippen molar-refractivity contribution < 1.29 is 9.50 Å². The fourth-order valence-electron chi connectivity index (χ4n) is 0.982. The van der Waals surface area contributed by atoms with Gasteiger partial charge < -0.3 is 5.11 Å². The van der Waals surface area contributed by atoms with E-state index in [-0.39, 0.29) is 5.82 Å². The molecule has 0 heterocycles. The summed E-state index contributed by atoms with van der Waals surface area (Å²) in [7, 11) is 0. The Morgan fingerprint density at radius 3 is 2.58 bits per heavy atom. The summed E-state index contributed by atoms with van der Waals surface area (Å²) in [4.78, 5) is 0. The Bertz CT molecular complexity index is 297. The number of aliphatic hydroxyl groups excluding tert-OH is 1. The smallest absolute Gasteiger partial charge is 0.129 e. The molecule has 1 rings (SSSR count). The highest BCUT2D eigenvalue weighted by atomic mass is 79.9. The number of aliphatic hydroxyl groups is 1. The summed E-state index contributed by atoms with van der Waals surface area (Å²) in [6, 6.07) is 3.02. The van der Waals surface area contributed by atoms with Crippen molar-refractivity contribution in [3.8, 4) is 0 Å². The molecule has 0 saturated carbocycles. The van der Waals surface area contributed by atoms with Crippen LogP contribution >= 0.6 is 15.9 Å². The number of rotatable bonds is 1. The highest BCUT2D eigenvalue weighted by Crippen LogP contribution is 2.24. The lowest BCUT2D eigenvalue weighted by atomic mass is 10.1. The third-order valence-corrected chi connectivity index (χ3v) is 2.58. The Balaban J connectivity index is 3.23. The molecule has 0 bridgehead atoms. The van der Waals surface area contributed by atoms with E-state index in [2.05, 4.69) is 15.9 Å². The van der Waals surface area contributed by atoms with E-state index >= 15 is 0 Å². The molecule has 0 aliphatic heterocycles. The van der Waals surface area contributed by atoms with Gasteiger partial charge in [0.1, 0.15) is 5.82 Å². The van der Waals surface area contributed by atoms with Crippen LogP contribution in [0.3, 0.4) is 0 Å². The second-order valence-corrected chi connectivity index (χ2v) is 3.65. The first-order valence-electron chi connectivity index (χ1n) is 3.66. The molecule has 1 N–H and O–H groups in total. The van der Waals surface area contributed by atoms with Crippen molar-refractivity contribution in [3.63, 3.8) is 0 Å². The van der Waals surface area contributed by atoms with E-state index in [4.69, 9.17) is 5.11 Å². The molecule has 0 fully saturated rings. The molecule has 0 saturated heterocycles. The van der Waals surface area contributed by atoms with Crippen molar-refractivity contribution in [2.45, 2.75) is 20.0 Å². The molecule has 66 valence electrons. The van der Waals surface area contributed by atoms with Gasteiger partial charge in [-0.25, -0.2) is 4.39 Å². The van der Waals surface area contributed by atoms with E-state index < -0.39 is 6.10 Å².